The standard InChI is InChI=1S/C15H20O4/c1-11(12-6-4-3-5-7-12)19-14-10-13(16)15(14)18-9-8-17-2/h3-7,11,14-15H,8-10H2,1-2H3. The molecule has 19 heavy (non-hydrogen) atoms. The fraction of sp³-hybridized carbons (Fsp3) is 0.533. The van der Waals surface area contributed by atoms with Crippen molar-refractivity contribution in [3.8, 4) is 0 Å². The number of carbonyl (C=O) groups is 1. The van der Waals surface area contributed by atoms with Gasteiger partial charge < -0.3 is 14.2 Å². The molecule has 2 rings (SSSR count). The molecule has 4 heteroatoms. The van der Waals surface area contributed by atoms with Crippen LogP contribution in [0.2, 0.25) is 0 Å². The first-order chi connectivity index (χ1) is 9.22. The fourth-order valence-electron chi connectivity index (χ4n) is 2.11. The monoisotopic (exact) mass is 264 g/mol. The molecule has 0 aliphatic heterocycles. The second kappa shape index (κ2) is 6.80. The predicted octanol–water partition coefficient (Wildman–Crippen LogP) is 2.14. The number of ether oxygens (including phenoxy) is 3. The lowest BCUT2D eigenvalue weighted by molar-refractivity contribution is -0.174. The lowest BCUT2D eigenvalue weighted by Crippen LogP contribution is -2.51. The largest absolute Gasteiger partial charge is 0.382 e. The highest BCUT2D eigenvalue weighted by Crippen LogP contribution is 2.28. The second-order valence-corrected chi connectivity index (χ2v) is 4.68. The fourth-order valence-corrected chi connectivity index (χ4v) is 2.11. The molecule has 104 valence electrons. The molecule has 0 spiro atoms. The van der Waals surface area contributed by atoms with Gasteiger partial charge in [-0.05, 0) is 12.5 Å². The lowest BCUT2D eigenvalue weighted by atomic mass is 9.89. The molecule has 0 saturated heterocycles. The molecular weight excluding hydrogens is 244 g/mol. The van der Waals surface area contributed by atoms with Gasteiger partial charge in [0.05, 0.1) is 25.4 Å². The Morgan fingerprint density at radius 2 is 2.00 bits per heavy atom. The number of rotatable bonds is 7. The Morgan fingerprint density at radius 1 is 1.26 bits per heavy atom. The topological polar surface area (TPSA) is 44.8 Å². The molecule has 1 aliphatic rings. The third-order valence-electron chi connectivity index (χ3n) is 3.29. The Kier molecular flexibility index (Phi) is 5.07. The molecule has 1 aromatic rings. The highest BCUT2D eigenvalue weighted by Gasteiger charge is 2.42. The van der Waals surface area contributed by atoms with Gasteiger partial charge in [0.15, 0.2) is 5.78 Å². The molecule has 4 nitrogen and oxygen atoms in total. The van der Waals surface area contributed by atoms with Crippen LogP contribution in [-0.4, -0.2) is 38.3 Å². The van der Waals surface area contributed by atoms with Crippen molar-refractivity contribution in [2.45, 2.75) is 31.7 Å². The number of carbonyl (C=O) groups excluding carboxylic acids is 1. The van der Waals surface area contributed by atoms with Gasteiger partial charge in [-0.1, -0.05) is 30.3 Å². The summed E-state index contributed by atoms with van der Waals surface area (Å²) >= 11 is 0. The molecule has 3 unspecified atom stereocenters. The van der Waals surface area contributed by atoms with Crippen LogP contribution < -0.4 is 0 Å². The normalized spacial score (nSPS) is 24.0. The number of benzene rings is 1. The van der Waals surface area contributed by atoms with Crippen molar-refractivity contribution in [3.05, 3.63) is 35.9 Å². The van der Waals surface area contributed by atoms with E-state index < -0.39 is 6.10 Å². The summed E-state index contributed by atoms with van der Waals surface area (Å²) in [6.45, 7) is 2.90. The summed E-state index contributed by atoms with van der Waals surface area (Å²) in [4.78, 5) is 11.5. The van der Waals surface area contributed by atoms with E-state index in [1.165, 1.54) is 0 Å². The molecule has 0 aromatic heterocycles. The number of ketones is 1. The van der Waals surface area contributed by atoms with Crippen molar-refractivity contribution in [2.24, 2.45) is 0 Å². The SMILES string of the molecule is COCCOC1C(=O)CC1OC(C)c1ccccc1. The molecular formula is C15H20O4. The van der Waals surface area contributed by atoms with E-state index in [-0.39, 0.29) is 18.0 Å². The van der Waals surface area contributed by atoms with Crippen LogP contribution in [0, 0.1) is 0 Å². The zero-order valence-electron chi connectivity index (χ0n) is 11.4. The highest BCUT2D eigenvalue weighted by atomic mass is 16.6. The molecule has 1 aromatic carbocycles. The van der Waals surface area contributed by atoms with E-state index in [1.54, 1.807) is 7.11 Å². The van der Waals surface area contributed by atoms with Gasteiger partial charge in [0, 0.05) is 13.5 Å². The average molecular weight is 264 g/mol. The summed E-state index contributed by atoms with van der Waals surface area (Å²) < 4.78 is 16.3. The Labute approximate surface area is 113 Å². The van der Waals surface area contributed by atoms with E-state index in [9.17, 15) is 4.79 Å². The molecule has 1 fully saturated rings. The Bertz CT molecular complexity index is 404. The van der Waals surface area contributed by atoms with Crippen LogP contribution in [0.4, 0.5) is 0 Å². The number of methoxy groups -OCH3 is 1. The second-order valence-electron chi connectivity index (χ2n) is 4.68. The van der Waals surface area contributed by atoms with E-state index in [4.69, 9.17) is 14.2 Å². The van der Waals surface area contributed by atoms with Crippen LogP contribution in [0.1, 0.15) is 25.0 Å². The number of hydrogen-bond donors (Lipinski definition) is 0. The van der Waals surface area contributed by atoms with Crippen LogP contribution >= 0.6 is 0 Å². The van der Waals surface area contributed by atoms with Gasteiger partial charge in [0.1, 0.15) is 6.10 Å². The summed E-state index contributed by atoms with van der Waals surface area (Å²) in [6, 6.07) is 9.97. The maximum Gasteiger partial charge on any atom is 0.166 e. The summed E-state index contributed by atoms with van der Waals surface area (Å²) in [5.74, 6) is 0.112. The minimum Gasteiger partial charge on any atom is -0.382 e. The summed E-state index contributed by atoms with van der Waals surface area (Å²) in [7, 11) is 1.61. The summed E-state index contributed by atoms with van der Waals surface area (Å²) in [5, 5.41) is 0. The molecule has 0 radical (unpaired) electrons. The van der Waals surface area contributed by atoms with E-state index in [0.717, 1.165) is 5.56 Å². The first-order valence-electron chi connectivity index (χ1n) is 6.56. The molecule has 3 atom stereocenters. The average Bonchev–Trinajstić information content (AvgIpc) is 2.44. The van der Waals surface area contributed by atoms with Crippen molar-refractivity contribution < 1.29 is 19.0 Å². The van der Waals surface area contributed by atoms with Crippen LogP contribution in [0.5, 0.6) is 0 Å². The maximum atomic E-state index is 11.5. The van der Waals surface area contributed by atoms with Gasteiger partial charge in [-0.15, -0.1) is 0 Å². The first-order valence-corrected chi connectivity index (χ1v) is 6.56. The third-order valence-corrected chi connectivity index (χ3v) is 3.29. The molecule has 0 N–H and O–H groups in total. The Balaban J connectivity index is 1.83. The predicted molar refractivity (Wildman–Crippen MR) is 71.0 cm³/mol. The van der Waals surface area contributed by atoms with Crippen LogP contribution in [0.3, 0.4) is 0 Å². The van der Waals surface area contributed by atoms with Crippen molar-refractivity contribution >= 4 is 5.78 Å². The third kappa shape index (κ3) is 3.62. The van der Waals surface area contributed by atoms with Crippen molar-refractivity contribution in [1.29, 1.82) is 0 Å². The zero-order valence-corrected chi connectivity index (χ0v) is 11.4. The first kappa shape index (κ1) is 14.2. The van der Waals surface area contributed by atoms with Gasteiger partial charge in [0.25, 0.3) is 0 Å². The van der Waals surface area contributed by atoms with Gasteiger partial charge in [0.2, 0.25) is 0 Å². The van der Waals surface area contributed by atoms with E-state index in [1.807, 2.05) is 37.3 Å². The van der Waals surface area contributed by atoms with Gasteiger partial charge in [-0.25, -0.2) is 0 Å². The lowest BCUT2D eigenvalue weighted by Gasteiger charge is -2.36. The van der Waals surface area contributed by atoms with Crippen molar-refractivity contribution in [1.82, 2.24) is 0 Å². The summed E-state index contributed by atoms with van der Waals surface area (Å²) in [6.07, 6.45) is -0.164. The van der Waals surface area contributed by atoms with Crippen LogP contribution in [-0.2, 0) is 19.0 Å². The zero-order chi connectivity index (χ0) is 13.7. The number of Topliss-reactive ketones (excluding diaryl/α,β-unsaturated/α-hetero) is 1. The smallest absolute Gasteiger partial charge is 0.166 e. The van der Waals surface area contributed by atoms with Gasteiger partial charge in [-0.3, -0.25) is 4.79 Å². The van der Waals surface area contributed by atoms with Gasteiger partial charge >= 0.3 is 0 Å². The van der Waals surface area contributed by atoms with E-state index in [0.29, 0.717) is 19.6 Å². The van der Waals surface area contributed by atoms with E-state index in [2.05, 4.69) is 0 Å². The van der Waals surface area contributed by atoms with Gasteiger partial charge in [-0.2, -0.15) is 0 Å². The van der Waals surface area contributed by atoms with Crippen molar-refractivity contribution in [3.63, 3.8) is 0 Å². The molecule has 0 amide bonds. The minimum absolute atomic E-state index is 0.0344. The van der Waals surface area contributed by atoms with Crippen LogP contribution in [0.25, 0.3) is 0 Å². The molecule has 0 bridgehead atoms. The summed E-state index contributed by atoms with van der Waals surface area (Å²) in [5.41, 5.74) is 1.11. The van der Waals surface area contributed by atoms with Crippen LogP contribution in [0.15, 0.2) is 30.3 Å². The quantitative estimate of drug-likeness (QED) is 0.708. The minimum atomic E-state index is -0.429. The molecule has 1 aliphatic carbocycles. The Hall–Kier alpha value is -1.23. The van der Waals surface area contributed by atoms with Crippen molar-refractivity contribution in [2.75, 3.05) is 20.3 Å². The highest BCUT2D eigenvalue weighted by molar-refractivity contribution is 5.90. The molecule has 1 saturated carbocycles. The van der Waals surface area contributed by atoms with E-state index >= 15 is 0 Å². The number of hydrogen-bond acceptors (Lipinski definition) is 4. The maximum absolute atomic E-state index is 11.5. The Morgan fingerprint density at radius 3 is 2.63 bits per heavy atom. The molecule has 0 heterocycles.